The van der Waals surface area contributed by atoms with E-state index in [0.29, 0.717) is 31.5 Å². The van der Waals surface area contributed by atoms with Crippen LogP contribution in [0.5, 0.6) is 0 Å². The Morgan fingerprint density at radius 2 is 1.62 bits per heavy atom. The third-order valence-corrected chi connectivity index (χ3v) is 7.37. The molecular weight excluding hydrogens is 457 g/mol. The number of nitrogen functional groups attached to an aromatic ring is 1. The normalized spacial score (nSPS) is 25.5. The maximum atomic E-state index is 11.8. The third kappa shape index (κ3) is 8.17. The quantitative estimate of drug-likeness (QED) is 0.272. The Morgan fingerprint density at radius 3 is 2.16 bits per heavy atom. The van der Waals surface area contributed by atoms with Gasteiger partial charge in [-0.1, -0.05) is 11.8 Å². The Morgan fingerprint density at radius 1 is 1.06 bits per heavy atom. The minimum Gasteiger partial charge on any atom is -0.456 e. The number of esters is 2. The van der Waals surface area contributed by atoms with Crippen molar-refractivity contribution in [2.24, 2.45) is 0 Å². The summed E-state index contributed by atoms with van der Waals surface area (Å²) in [5.74, 6) is -1.16. The maximum absolute atomic E-state index is 11.8. The molecule has 0 spiro atoms. The first-order valence-electron chi connectivity index (χ1n) is 10.5. The summed E-state index contributed by atoms with van der Waals surface area (Å²) in [7, 11) is -1.13. The lowest BCUT2D eigenvalue weighted by molar-refractivity contribution is -0.224. The number of hydrogen-bond acceptors (Lipinski definition) is 10. The largest absolute Gasteiger partial charge is 0.456 e. The van der Waals surface area contributed by atoms with Gasteiger partial charge in [-0.25, -0.2) is 0 Å². The highest BCUT2D eigenvalue weighted by atomic mass is 32.2. The molecule has 0 amide bonds. The number of carbonyl (C=O) groups is 2. The maximum Gasteiger partial charge on any atom is 0.303 e. The van der Waals surface area contributed by atoms with Crippen LogP contribution in [-0.2, 0) is 32.8 Å². The molecule has 0 unspecified atom stereocenters. The Bertz CT molecular complexity index is 731. The molecule has 0 bridgehead atoms. The average Bonchev–Trinajstić information content (AvgIpc) is 2.72. The lowest BCUT2D eigenvalue weighted by Gasteiger charge is -2.43. The summed E-state index contributed by atoms with van der Waals surface area (Å²) in [6, 6.07) is 7.13. The molecule has 1 aromatic rings. The van der Waals surface area contributed by atoms with E-state index in [1.807, 2.05) is 26.0 Å². The number of nitrogens with two attached hydrogens (primary N) is 1. The summed E-state index contributed by atoms with van der Waals surface area (Å²) in [6.45, 7) is 7.30. The highest BCUT2D eigenvalue weighted by Gasteiger charge is 2.49. The Balaban J connectivity index is 2.25. The fraction of sp³-hybridized carbons (Fsp3) is 0.619. The summed E-state index contributed by atoms with van der Waals surface area (Å²) in [6.07, 6.45) is -2.99. The van der Waals surface area contributed by atoms with Crippen molar-refractivity contribution >= 4 is 37.8 Å². The van der Waals surface area contributed by atoms with Gasteiger partial charge in [0.25, 0.3) is 0 Å². The van der Waals surface area contributed by atoms with Crippen molar-refractivity contribution in [2.45, 2.75) is 68.9 Å². The number of aliphatic hydroxyl groups excluding tert-OH is 1. The van der Waals surface area contributed by atoms with Crippen molar-refractivity contribution in [3.05, 3.63) is 24.3 Å². The van der Waals surface area contributed by atoms with Gasteiger partial charge in [0.15, 0.2) is 20.6 Å². The van der Waals surface area contributed by atoms with E-state index in [1.165, 1.54) is 25.6 Å². The van der Waals surface area contributed by atoms with Gasteiger partial charge in [0.2, 0.25) is 0 Å². The van der Waals surface area contributed by atoms with E-state index in [2.05, 4.69) is 0 Å². The summed E-state index contributed by atoms with van der Waals surface area (Å²) >= 11 is 1.30. The van der Waals surface area contributed by atoms with Gasteiger partial charge >= 0.3 is 11.9 Å². The number of aliphatic hydroxyl groups is 1. The minimum atomic E-state index is -1.19. The van der Waals surface area contributed by atoms with E-state index in [1.54, 1.807) is 12.1 Å². The molecule has 1 aliphatic heterocycles. The molecule has 11 heteroatoms. The molecule has 0 radical (unpaired) electrons. The van der Waals surface area contributed by atoms with Gasteiger partial charge < -0.3 is 34.1 Å². The van der Waals surface area contributed by atoms with Gasteiger partial charge in [0.05, 0.1) is 19.3 Å². The molecule has 0 aromatic heterocycles. The van der Waals surface area contributed by atoms with Crippen LogP contribution in [0.15, 0.2) is 29.2 Å². The van der Waals surface area contributed by atoms with E-state index in [4.69, 9.17) is 29.0 Å². The Kier molecular flexibility index (Phi) is 11.2. The van der Waals surface area contributed by atoms with Crippen LogP contribution in [-0.4, -0.2) is 66.3 Å². The summed E-state index contributed by atoms with van der Waals surface area (Å²) in [5.41, 5.74) is 5.66. The van der Waals surface area contributed by atoms with Crippen LogP contribution in [0.2, 0.25) is 0 Å². The first-order chi connectivity index (χ1) is 15.2. The number of rotatable bonds is 11. The van der Waals surface area contributed by atoms with Crippen LogP contribution in [0.1, 0.15) is 34.1 Å². The van der Waals surface area contributed by atoms with Gasteiger partial charge in [0.1, 0.15) is 11.5 Å². The van der Waals surface area contributed by atoms with Gasteiger partial charge in [0, 0.05) is 30.6 Å². The lowest BCUT2D eigenvalue weighted by Crippen LogP contribution is -2.59. The van der Waals surface area contributed by atoms with Crippen molar-refractivity contribution in [3.63, 3.8) is 0 Å². The zero-order valence-electron chi connectivity index (χ0n) is 18.8. The SMILES string of the molecule is CCOP(CC[C@H]1O[C@H](Sc2ccc(N)cc2)[C@@H](OC(C)=O)[C@@H](OC(C)=O)[C@@H]1O)OCC. The second kappa shape index (κ2) is 13.3. The zero-order chi connectivity index (χ0) is 23.7. The third-order valence-electron chi connectivity index (χ3n) is 4.50. The number of carbonyl (C=O) groups excluding carboxylic acids is 2. The van der Waals surface area contributed by atoms with Crippen LogP contribution in [0, 0.1) is 0 Å². The van der Waals surface area contributed by atoms with Gasteiger partial charge in [-0.05, 0) is 44.5 Å². The van der Waals surface area contributed by atoms with E-state index < -0.39 is 50.2 Å². The molecule has 0 saturated carbocycles. The van der Waals surface area contributed by atoms with E-state index in [-0.39, 0.29) is 0 Å². The molecular formula is C21H32NO8PS. The van der Waals surface area contributed by atoms with E-state index in [0.717, 1.165) is 4.90 Å². The Labute approximate surface area is 194 Å². The molecule has 1 aliphatic rings. The van der Waals surface area contributed by atoms with E-state index in [9.17, 15) is 14.7 Å². The minimum absolute atomic E-state index is 0.413. The highest BCUT2D eigenvalue weighted by Crippen LogP contribution is 2.42. The standard InChI is InChI=1S/C21H32NO8PS/c1-5-26-31(27-6-2)12-11-17-18(25)19(28-13(3)23)20(29-14(4)24)21(30-17)32-16-9-7-15(22)8-10-16/h7-10,17-21,25H,5-6,11-12,22H2,1-4H3/t17-,18-,19+,20+,21-/m1/s1. The monoisotopic (exact) mass is 489 g/mol. The van der Waals surface area contributed by atoms with E-state index >= 15 is 0 Å². The zero-order valence-corrected chi connectivity index (χ0v) is 20.5. The second-order valence-electron chi connectivity index (χ2n) is 7.05. The molecule has 1 fully saturated rings. The van der Waals surface area contributed by atoms with Gasteiger partial charge in [-0.2, -0.15) is 0 Å². The predicted molar refractivity (Wildman–Crippen MR) is 122 cm³/mol. The van der Waals surface area contributed by atoms with Crippen LogP contribution in [0.25, 0.3) is 0 Å². The summed E-state index contributed by atoms with van der Waals surface area (Å²) < 4.78 is 28.3. The van der Waals surface area contributed by atoms with Gasteiger partial charge in [-0.15, -0.1) is 0 Å². The van der Waals surface area contributed by atoms with Gasteiger partial charge in [-0.3, -0.25) is 9.59 Å². The number of anilines is 1. The van der Waals surface area contributed by atoms with Crippen LogP contribution in [0.3, 0.4) is 0 Å². The Hall–Kier alpha value is -1.42. The van der Waals surface area contributed by atoms with Crippen molar-refractivity contribution < 1.29 is 38.0 Å². The van der Waals surface area contributed by atoms with Crippen molar-refractivity contribution in [3.8, 4) is 0 Å². The fourth-order valence-electron chi connectivity index (χ4n) is 3.23. The molecule has 1 aromatic carbocycles. The summed E-state index contributed by atoms with van der Waals surface area (Å²) in [4.78, 5) is 24.4. The van der Waals surface area contributed by atoms with Crippen LogP contribution >= 0.6 is 20.1 Å². The first kappa shape index (κ1) is 26.8. The number of thioether (sulfide) groups is 1. The number of benzene rings is 1. The first-order valence-corrected chi connectivity index (χ1v) is 12.7. The van der Waals surface area contributed by atoms with Crippen LogP contribution in [0.4, 0.5) is 5.69 Å². The molecule has 9 nitrogen and oxygen atoms in total. The summed E-state index contributed by atoms with van der Waals surface area (Å²) in [5, 5.41) is 11.0. The molecule has 2 rings (SSSR count). The number of ether oxygens (including phenoxy) is 3. The highest BCUT2D eigenvalue weighted by molar-refractivity contribution is 7.99. The fourth-order valence-corrected chi connectivity index (χ4v) is 5.71. The predicted octanol–water partition coefficient (Wildman–Crippen LogP) is 3.09. The molecule has 32 heavy (non-hydrogen) atoms. The topological polar surface area (TPSA) is 127 Å². The second-order valence-corrected chi connectivity index (χ2v) is 9.85. The molecule has 3 N–H and O–H groups in total. The lowest BCUT2D eigenvalue weighted by atomic mass is 9.97. The molecule has 180 valence electrons. The average molecular weight is 490 g/mol. The van der Waals surface area contributed by atoms with Crippen LogP contribution < -0.4 is 5.73 Å². The molecule has 5 atom stereocenters. The van der Waals surface area contributed by atoms with Crippen molar-refractivity contribution in [1.29, 1.82) is 0 Å². The molecule has 1 heterocycles. The molecule has 0 aliphatic carbocycles. The smallest absolute Gasteiger partial charge is 0.303 e. The molecule has 1 saturated heterocycles. The van der Waals surface area contributed by atoms with Crippen molar-refractivity contribution in [1.82, 2.24) is 0 Å². The number of hydrogen-bond donors (Lipinski definition) is 2. The van der Waals surface area contributed by atoms with Crippen molar-refractivity contribution in [2.75, 3.05) is 25.1 Å².